The molecular weight excluding hydrogens is 260 g/mol. The van der Waals surface area contributed by atoms with Crippen LogP contribution in [-0.2, 0) is 11.3 Å². The van der Waals surface area contributed by atoms with Gasteiger partial charge in [0.25, 0.3) is 0 Å². The molecule has 0 radical (unpaired) electrons. The van der Waals surface area contributed by atoms with Gasteiger partial charge >= 0.3 is 0 Å². The van der Waals surface area contributed by atoms with Crippen LogP contribution in [0.1, 0.15) is 37.3 Å². The van der Waals surface area contributed by atoms with Gasteiger partial charge in [-0.2, -0.15) is 0 Å². The van der Waals surface area contributed by atoms with Crippen LogP contribution in [0.3, 0.4) is 0 Å². The van der Waals surface area contributed by atoms with Gasteiger partial charge in [-0.1, -0.05) is 24.6 Å². The Bertz CT molecular complexity index is 433. The number of methoxy groups -OCH3 is 1. The second kappa shape index (κ2) is 8.40. The molecule has 3 nitrogen and oxygen atoms in total. The van der Waals surface area contributed by atoms with Crippen LogP contribution in [0.4, 0.5) is 5.69 Å². The highest BCUT2D eigenvalue weighted by Gasteiger charge is 2.16. The van der Waals surface area contributed by atoms with E-state index in [1.165, 1.54) is 49.2 Å². The highest BCUT2D eigenvalue weighted by atomic mass is 16.5. The fourth-order valence-electron chi connectivity index (χ4n) is 3.07. The van der Waals surface area contributed by atoms with E-state index in [1.54, 1.807) is 7.11 Å². The number of nitrogens with one attached hydrogen (secondary N) is 1. The predicted molar refractivity (Wildman–Crippen MR) is 90.0 cm³/mol. The smallest absolute Gasteiger partial charge is 0.0587 e. The van der Waals surface area contributed by atoms with Crippen molar-refractivity contribution in [3.63, 3.8) is 0 Å². The van der Waals surface area contributed by atoms with Gasteiger partial charge in [-0.05, 0) is 43.7 Å². The maximum absolute atomic E-state index is 5.11. The Morgan fingerprint density at radius 1 is 1.29 bits per heavy atom. The zero-order valence-corrected chi connectivity index (χ0v) is 13.8. The number of ether oxygens (including phenoxy) is 1. The fraction of sp³-hybridized carbons (Fsp3) is 0.667. The summed E-state index contributed by atoms with van der Waals surface area (Å²) in [5.74, 6) is 0.865. The van der Waals surface area contributed by atoms with Crippen LogP contribution < -0.4 is 10.2 Å². The van der Waals surface area contributed by atoms with Crippen LogP contribution in [0.5, 0.6) is 0 Å². The minimum absolute atomic E-state index is 0.766. The van der Waals surface area contributed by atoms with Crippen molar-refractivity contribution >= 4 is 5.69 Å². The van der Waals surface area contributed by atoms with Gasteiger partial charge < -0.3 is 15.0 Å². The van der Waals surface area contributed by atoms with E-state index >= 15 is 0 Å². The van der Waals surface area contributed by atoms with Gasteiger partial charge in [-0.25, -0.2) is 0 Å². The molecule has 1 aliphatic heterocycles. The Morgan fingerprint density at radius 2 is 2.14 bits per heavy atom. The van der Waals surface area contributed by atoms with Crippen LogP contribution in [0.2, 0.25) is 0 Å². The third-order valence-corrected chi connectivity index (χ3v) is 4.39. The van der Waals surface area contributed by atoms with Gasteiger partial charge in [0.05, 0.1) is 6.61 Å². The zero-order valence-electron chi connectivity index (χ0n) is 13.8. The van der Waals surface area contributed by atoms with E-state index in [9.17, 15) is 0 Å². The average Bonchev–Trinajstić information content (AvgIpc) is 2.69. The van der Waals surface area contributed by atoms with Gasteiger partial charge in [0.15, 0.2) is 0 Å². The summed E-state index contributed by atoms with van der Waals surface area (Å²) >= 11 is 0. The van der Waals surface area contributed by atoms with E-state index in [0.29, 0.717) is 0 Å². The molecule has 1 N–H and O–H groups in total. The number of benzene rings is 1. The zero-order chi connectivity index (χ0) is 15.1. The molecule has 0 aromatic heterocycles. The molecule has 1 heterocycles. The van der Waals surface area contributed by atoms with Gasteiger partial charge in [-0.15, -0.1) is 0 Å². The molecule has 0 aliphatic carbocycles. The Hall–Kier alpha value is -1.06. The fourth-order valence-corrected chi connectivity index (χ4v) is 3.07. The minimum Gasteiger partial charge on any atom is -0.383 e. The van der Waals surface area contributed by atoms with Crippen LogP contribution in [0, 0.1) is 12.8 Å². The summed E-state index contributed by atoms with van der Waals surface area (Å²) in [7, 11) is 1.75. The van der Waals surface area contributed by atoms with Crippen molar-refractivity contribution < 1.29 is 4.74 Å². The van der Waals surface area contributed by atoms with Crippen molar-refractivity contribution in [1.29, 1.82) is 0 Å². The van der Waals surface area contributed by atoms with Gasteiger partial charge in [-0.3, -0.25) is 0 Å². The summed E-state index contributed by atoms with van der Waals surface area (Å²) in [5, 5.41) is 3.48. The molecule has 1 aromatic rings. The molecule has 118 valence electrons. The summed E-state index contributed by atoms with van der Waals surface area (Å²) in [6.45, 7) is 9.53. The summed E-state index contributed by atoms with van der Waals surface area (Å²) in [6, 6.07) is 6.87. The SMILES string of the molecule is COCCNCc1cc(C)ccc1N1CCCC(C)CC1. The molecule has 3 heteroatoms. The summed E-state index contributed by atoms with van der Waals surface area (Å²) < 4.78 is 5.11. The third kappa shape index (κ3) is 5.01. The van der Waals surface area contributed by atoms with Crippen molar-refractivity contribution in [2.75, 3.05) is 38.3 Å². The number of hydrogen-bond acceptors (Lipinski definition) is 3. The molecule has 1 aliphatic rings. The van der Waals surface area contributed by atoms with Gasteiger partial charge in [0, 0.05) is 39.0 Å². The minimum atomic E-state index is 0.766. The molecule has 1 saturated heterocycles. The molecule has 0 saturated carbocycles. The van der Waals surface area contributed by atoms with E-state index < -0.39 is 0 Å². The van der Waals surface area contributed by atoms with E-state index in [0.717, 1.165) is 25.6 Å². The Labute approximate surface area is 129 Å². The lowest BCUT2D eigenvalue weighted by atomic mass is 10.0. The maximum atomic E-state index is 5.11. The number of aryl methyl sites for hydroxylation is 1. The largest absolute Gasteiger partial charge is 0.383 e. The third-order valence-electron chi connectivity index (χ3n) is 4.39. The first-order chi connectivity index (χ1) is 10.2. The quantitative estimate of drug-likeness (QED) is 0.813. The average molecular weight is 290 g/mol. The Balaban J connectivity index is 2.06. The normalized spacial score (nSPS) is 19.6. The first kappa shape index (κ1) is 16.3. The van der Waals surface area contributed by atoms with Crippen molar-refractivity contribution in [3.8, 4) is 0 Å². The Morgan fingerprint density at radius 3 is 2.95 bits per heavy atom. The van der Waals surface area contributed by atoms with Crippen LogP contribution in [-0.4, -0.2) is 33.4 Å². The van der Waals surface area contributed by atoms with Crippen molar-refractivity contribution in [1.82, 2.24) is 5.32 Å². The molecule has 1 aromatic carbocycles. The molecule has 0 spiro atoms. The maximum Gasteiger partial charge on any atom is 0.0587 e. The van der Waals surface area contributed by atoms with E-state index in [1.807, 2.05) is 0 Å². The Kier molecular flexibility index (Phi) is 6.52. The second-order valence-corrected chi connectivity index (χ2v) is 6.32. The van der Waals surface area contributed by atoms with E-state index in [2.05, 4.69) is 42.3 Å². The molecule has 0 amide bonds. The monoisotopic (exact) mass is 290 g/mol. The van der Waals surface area contributed by atoms with E-state index in [4.69, 9.17) is 4.74 Å². The summed E-state index contributed by atoms with van der Waals surface area (Å²) in [4.78, 5) is 2.58. The first-order valence-electron chi connectivity index (χ1n) is 8.25. The molecular formula is C18H30N2O. The summed E-state index contributed by atoms with van der Waals surface area (Å²) in [5.41, 5.74) is 4.17. The van der Waals surface area contributed by atoms with Crippen molar-refractivity contribution in [2.45, 2.75) is 39.7 Å². The molecule has 1 atom stereocenters. The lowest BCUT2D eigenvalue weighted by Gasteiger charge is -2.26. The lowest BCUT2D eigenvalue weighted by Crippen LogP contribution is -2.27. The lowest BCUT2D eigenvalue weighted by molar-refractivity contribution is 0.199. The molecule has 1 fully saturated rings. The van der Waals surface area contributed by atoms with Gasteiger partial charge in [0.1, 0.15) is 0 Å². The highest BCUT2D eigenvalue weighted by molar-refractivity contribution is 5.55. The van der Waals surface area contributed by atoms with Crippen LogP contribution >= 0.6 is 0 Å². The van der Waals surface area contributed by atoms with E-state index in [-0.39, 0.29) is 0 Å². The first-order valence-corrected chi connectivity index (χ1v) is 8.25. The topological polar surface area (TPSA) is 24.5 Å². The number of rotatable bonds is 6. The standard InChI is InChI=1S/C18H30N2O/c1-15-5-4-10-20(11-8-15)18-7-6-16(2)13-17(18)14-19-9-12-21-3/h6-7,13,15,19H,4-5,8-12,14H2,1-3H3. The molecule has 2 rings (SSSR count). The summed E-state index contributed by atoms with van der Waals surface area (Å²) in [6.07, 6.45) is 3.99. The number of hydrogen-bond donors (Lipinski definition) is 1. The van der Waals surface area contributed by atoms with Gasteiger partial charge in [0.2, 0.25) is 0 Å². The molecule has 1 unspecified atom stereocenters. The number of anilines is 1. The highest BCUT2D eigenvalue weighted by Crippen LogP contribution is 2.26. The molecule has 0 bridgehead atoms. The van der Waals surface area contributed by atoms with Crippen molar-refractivity contribution in [3.05, 3.63) is 29.3 Å². The number of nitrogens with zero attached hydrogens (tertiary/aromatic N) is 1. The second-order valence-electron chi connectivity index (χ2n) is 6.32. The van der Waals surface area contributed by atoms with Crippen molar-refractivity contribution in [2.24, 2.45) is 5.92 Å². The van der Waals surface area contributed by atoms with Crippen LogP contribution in [0.15, 0.2) is 18.2 Å². The predicted octanol–water partition coefficient (Wildman–Crippen LogP) is 3.36. The molecule has 21 heavy (non-hydrogen) atoms. The van der Waals surface area contributed by atoms with Crippen LogP contribution in [0.25, 0.3) is 0 Å².